The standard InChI is InChI=1S/C21H23Cl2F3N4O/c1-29(13-5-3-2-4-6-13)20(31)17-11-19-27-16(12-7-8-14(22)15(23)9-12)10-18(21(24,25)26)30(19)28-17/h7-9,11,13,16,18,27H,2-6,10H2,1H3. The van der Waals surface area contributed by atoms with E-state index in [1.807, 2.05) is 0 Å². The SMILES string of the molecule is CN(C(=O)c1cc2n(n1)C(C(F)(F)F)CC(c1ccc(Cl)c(Cl)c1)N2)C1CCCCC1. The maximum absolute atomic E-state index is 13.9. The molecule has 0 bridgehead atoms. The van der Waals surface area contributed by atoms with Crippen LogP contribution >= 0.6 is 23.2 Å². The maximum Gasteiger partial charge on any atom is 0.410 e. The minimum atomic E-state index is -4.52. The van der Waals surface area contributed by atoms with E-state index in [0.717, 1.165) is 36.8 Å². The molecule has 2 atom stereocenters. The molecule has 1 saturated carbocycles. The number of alkyl halides is 3. The number of anilines is 1. The molecule has 2 aromatic rings. The zero-order valence-corrected chi connectivity index (χ0v) is 18.4. The molecule has 168 valence electrons. The van der Waals surface area contributed by atoms with E-state index in [0.29, 0.717) is 10.6 Å². The average Bonchev–Trinajstić information content (AvgIpc) is 3.18. The van der Waals surface area contributed by atoms with Gasteiger partial charge in [-0.2, -0.15) is 18.3 Å². The first-order chi connectivity index (χ1) is 14.6. The number of aromatic nitrogens is 2. The Morgan fingerprint density at radius 1 is 1.16 bits per heavy atom. The molecule has 1 fully saturated rings. The van der Waals surface area contributed by atoms with Crippen molar-refractivity contribution < 1.29 is 18.0 Å². The summed E-state index contributed by atoms with van der Waals surface area (Å²) in [5.74, 6) is -0.201. The summed E-state index contributed by atoms with van der Waals surface area (Å²) in [6, 6.07) is 3.76. The van der Waals surface area contributed by atoms with E-state index in [1.165, 1.54) is 6.07 Å². The number of rotatable bonds is 3. The van der Waals surface area contributed by atoms with E-state index in [-0.39, 0.29) is 34.9 Å². The van der Waals surface area contributed by atoms with Crippen LogP contribution in [-0.4, -0.2) is 39.9 Å². The van der Waals surface area contributed by atoms with Crippen LogP contribution in [0.15, 0.2) is 24.3 Å². The Kier molecular flexibility index (Phi) is 6.14. The predicted octanol–water partition coefficient (Wildman–Crippen LogP) is 6.25. The second-order valence-electron chi connectivity index (χ2n) is 8.23. The number of benzene rings is 1. The Bertz CT molecular complexity index is 972. The van der Waals surface area contributed by atoms with Crippen molar-refractivity contribution >= 4 is 34.9 Å². The number of fused-ring (bicyclic) bond motifs is 1. The topological polar surface area (TPSA) is 50.2 Å². The molecule has 1 aliphatic carbocycles. The van der Waals surface area contributed by atoms with Crippen molar-refractivity contribution in [1.82, 2.24) is 14.7 Å². The minimum absolute atomic E-state index is 0.0135. The first-order valence-electron chi connectivity index (χ1n) is 10.3. The van der Waals surface area contributed by atoms with Crippen LogP contribution in [-0.2, 0) is 0 Å². The van der Waals surface area contributed by atoms with E-state index >= 15 is 0 Å². The summed E-state index contributed by atoms with van der Waals surface area (Å²) in [5, 5.41) is 7.76. The molecule has 2 aliphatic rings. The number of carbonyl (C=O) groups is 1. The van der Waals surface area contributed by atoms with Gasteiger partial charge >= 0.3 is 6.18 Å². The Balaban J connectivity index is 1.64. The lowest BCUT2D eigenvalue weighted by atomic mass is 9.94. The lowest BCUT2D eigenvalue weighted by Gasteiger charge is -2.33. The van der Waals surface area contributed by atoms with Gasteiger partial charge in [0.2, 0.25) is 0 Å². The van der Waals surface area contributed by atoms with Gasteiger partial charge in [0, 0.05) is 25.6 Å². The number of nitrogens with one attached hydrogen (secondary N) is 1. The fourth-order valence-corrected chi connectivity index (χ4v) is 4.75. The Labute approximate surface area is 188 Å². The van der Waals surface area contributed by atoms with Crippen molar-refractivity contribution in [3.63, 3.8) is 0 Å². The number of hydrogen-bond acceptors (Lipinski definition) is 3. The number of amides is 1. The van der Waals surface area contributed by atoms with Gasteiger partial charge in [-0.3, -0.25) is 4.79 Å². The molecule has 1 N–H and O–H groups in total. The van der Waals surface area contributed by atoms with E-state index in [2.05, 4.69) is 10.4 Å². The summed E-state index contributed by atoms with van der Waals surface area (Å²) in [6.07, 6.45) is 0.243. The molecule has 2 heterocycles. The Morgan fingerprint density at radius 3 is 2.52 bits per heavy atom. The summed E-state index contributed by atoms with van der Waals surface area (Å²) < 4.78 is 42.5. The number of nitrogens with zero attached hydrogens (tertiary/aromatic N) is 3. The average molecular weight is 475 g/mol. The summed E-state index contributed by atoms with van der Waals surface area (Å²) in [7, 11) is 1.70. The van der Waals surface area contributed by atoms with Crippen molar-refractivity contribution in [3.8, 4) is 0 Å². The molecule has 2 unspecified atom stereocenters. The highest BCUT2D eigenvalue weighted by molar-refractivity contribution is 6.42. The van der Waals surface area contributed by atoms with E-state index in [4.69, 9.17) is 23.2 Å². The van der Waals surface area contributed by atoms with Crippen molar-refractivity contribution in [2.45, 2.75) is 62.8 Å². The third-order valence-electron chi connectivity index (χ3n) is 6.20. The van der Waals surface area contributed by atoms with E-state index in [1.54, 1.807) is 30.1 Å². The number of halogens is 5. The van der Waals surface area contributed by atoms with Crippen molar-refractivity contribution in [3.05, 3.63) is 45.6 Å². The maximum atomic E-state index is 13.9. The van der Waals surface area contributed by atoms with Crippen LogP contribution in [0, 0.1) is 0 Å². The molecule has 31 heavy (non-hydrogen) atoms. The van der Waals surface area contributed by atoms with Gasteiger partial charge in [-0.1, -0.05) is 48.5 Å². The van der Waals surface area contributed by atoms with E-state index in [9.17, 15) is 18.0 Å². The summed E-state index contributed by atoms with van der Waals surface area (Å²) in [4.78, 5) is 14.6. The molecule has 0 radical (unpaired) electrons. The van der Waals surface area contributed by atoms with Gasteiger partial charge in [-0.05, 0) is 30.5 Å². The summed E-state index contributed by atoms with van der Waals surface area (Å²) in [5.41, 5.74) is 0.600. The highest BCUT2D eigenvalue weighted by Gasteiger charge is 2.47. The van der Waals surface area contributed by atoms with Gasteiger partial charge in [-0.15, -0.1) is 0 Å². The fraction of sp³-hybridized carbons (Fsp3) is 0.524. The zero-order chi connectivity index (χ0) is 22.3. The van der Waals surface area contributed by atoms with Gasteiger partial charge in [0.15, 0.2) is 11.7 Å². The van der Waals surface area contributed by atoms with Crippen LogP contribution < -0.4 is 5.32 Å². The van der Waals surface area contributed by atoms with Gasteiger partial charge in [0.05, 0.1) is 16.1 Å². The predicted molar refractivity (Wildman–Crippen MR) is 114 cm³/mol. The van der Waals surface area contributed by atoms with Crippen LogP contribution in [0.3, 0.4) is 0 Å². The minimum Gasteiger partial charge on any atom is -0.363 e. The smallest absolute Gasteiger partial charge is 0.363 e. The van der Waals surface area contributed by atoms with Crippen molar-refractivity contribution in [2.24, 2.45) is 0 Å². The Hall–Kier alpha value is -1.93. The van der Waals surface area contributed by atoms with Crippen LogP contribution in [0.2, 0.25) is 10.0 Å². The molecule has 10 heteroatoms. The van der Waals surface area contributed by atoms with Gasteiger partial charge in [0.25, 0.3) is 5.91 Å². The number of carbonyl (C=O) groups excluding carboxylic acids is 1. The second kappa shape index (κ2) is 8.54. The molecular weight excluding hydrogens is 452 g/mol. The molecule has 1 amide bonds. The largest absolute Gasteiger partial charge is 0.410 e. The van der Waals surface area contributed by atoms with Gasteiger partial charge in [0.1, 0.15) is 5.82 Å². The van der Waals surface area contributed by atoms with Gasteiger partial charge < -0.3 is 10.2 Å². The van der Waals surface area contributed by atoms with Crippen LogP contribution in [0.5, 0.6) is 0 Å². The molecule has 0 spiro atoms. The van der Waals surface area contributed by atoms with Gasteiger partial charge in [-0.25, -0.2) is 4.68 Å². The normalized spacial score (nSPS) is 22.0. The first-order valence-corrected chi connectivity index (χ1v) is 11.1. The highest BCUT2D eigenvalue weighted by Crippen LogP contribution is 2.44. The molecule has 1 aliphatic heterocycles. The van der Waals surface area contributed by atoms with Crippen molar-refractivity contribution in [1.29, 1.82) is 0 Å². The third-order valence-corrected chi connectivity index (χ3v) is 6.94. The van der Waals surface area contributed by atoms with Crippen molar-refractivity contribution in [2.75, 3.05) is 12.4 Å². The van der Waals surface area contributed by atoms with E-state index < -0.39 is 18.3 Å². The monoisotopic (exact) mass is 474 g/mol. The molecular formula is C21H23Cl2F3N4O. The summed E-state index contributed by atoms with van der Waals surface area (Å²) >= 11 is 12.0. The molecule has 4 rings (SSSR count). The quantitative estimate of drug-likeness (QED) is 0.571. The second-order valence-corrected chi connectivity index (χ2v) is 9.05. The third kappa shape index (κ3) is 4.51. The lowest BCUT2D eigenvalue weighted by molar-refractivity contribution is -0.173. The lowest BCUT2D eigenvalue weighted by Crippen LogP contribution is -2.38. The molecule has 1 aromatic carbocycles. The first kappa shape index (κ1) is 22.3. The fourth-order valence-electron chi connectivity index (χ4n) is 4.44. The molecule has 0 saturated heterocycles. The zero-order valence-electron chi connectivity index (χ0n) is 16.9. The summed E-state index contributed by atoms with van der Waals surface area (Å²) in [6.45, 7) is 0. The van der Waals surface area contributed by atoms with Crippen LogP contribution in [0.25, 0.3) is 0 Å². The Morgan fingerprint density at radius 2 is 1.87 bits per heavy atom. The molecule has 1 aromatic heterocycles. The van der Waals surface area contributed by atoms with Crippen LogP contribution in [0.1, 0.15) is 66.7 Å². The number of hydrogen-bond donors (Lipinski definition) is 1. The molecule has 5 nitrogen and oxygen atoms in total. The van der Waals surface area contributed by atoms with Crippen LogP contribution in [0.4, 0.5) is 19.0 Å². The highest BCUT2D eigenvalue weighted by atomic mass is 35.5.